The number of anilines is 1. The van der Waals surface area contributed by atoms with Crippen molar-refractivity contribution >= 4 is 40.1 Å². The predicted molar refractivity (Wildman–Crippen MR) is 188 cm³/mol. The lowest BCUT2D eigenvalue weighted by molar-refractivity contribution is -0.160. The van der Waals surface area contributed by atoms with Crippen molar-refractivity contribution in [3.05, 3.63) is 105 Å². The smallest absolute Gasteiger partial charge is 0.294 e. The van der Waals surface area contributed by atoms with Crippen LogP contribution in [0.5, 0.6) is 23.0 Å². The summed E-state index contributed by atoms with van der Waals surface area (Å²) in [5.41, 5.74) is -0.0217. The van der Waals surface area contributed by atoms with Gasteiger partial charge in [0, 0.05) is 43.3 Å². The van der Waals surface area contributed by atoms with Gasteiger partial charge in [0.1, 0.15) is 23.3 Å². The molecular weight excluding hydrogens is 700 g/mol. The summed E-state index contributed by atoms with van der Waals surface area (Å²) in [6.07, 6.45) is 6.08. The van der Waals surface area contributed by atoms with Gasteiger partial charge in [-0.05, 0) is 62.1 Å². The number of ether oxygens (including phenoxy) is 2. The summed E-state index contributed by atoms with van der Waals surface area (Å²) < 4.78 is 45.8. The Hall–Kier alpha value is -5.49. The molecule has 17 heteroatoms. The zero-order valence-electron chi connectivity index (χ0n) is 28.2. The molecule has 4 aromatic heterocycles. The molecule has 6 aromatic rings. The normalized spacial score (nSPS) is 15.6. The second kappa shape index (κ2) is 16.2. The number of nitrogens with zero attached hydrogens (tertiary/aromatic N) is 6. The lowest BCUT2D eigenvalue weighted by Crippen LogP contribution is -2.29. The van der Waals surface area contributed by atoms with Crippen LogP contribution in [-0.4, -0.2) is 53.4 Å². The van der Waals surface area contributed by atoms with Gasteiger partial charge in [-0.1, -0.05) is 24.3 Å². The SMILES string of the molecule is COOSc1ncc2cc(Oc3ccccc3F)c(=O)n(C)c2n1.Cn1c(=O)c(Oc2ccccc2F)cc2cnc(NC3CCC(O)CC3)nc21. The Morgan fingerprint density at radius 3 is 1.83 bits per heavy atom. The fourth-order valence-electron chi connectivity index (χ4n) is 5.43. The lowest BCUT2D eigenvalue weighted by Gasteiger charge is -2.26. The molecule has 1 aliphatic rings. The third-order valence-corrected chi connectivity index (χ3v) is 8.68. The van der Waals surface area contributed by atoms with Crippen LogP contribution in [0.2, 0.25) is 0 Å². The fraction of sp³-hybridized carbons (Fsp3) is 0.257. The third kappa shape index (κ3) is 8.34. The highest BCUT2D eigenvalue weighted by Crippen LogP contribution is 2.27. The zero-order valence-corrected chi connectivity index (χ0v) is 29.0. The van der Waals surface area contributed by atoms with Crippen molar-refractivity contribution in [1.82, 2.24) is 29.1 Å². The highest BCUT2D eigenvalue weighted by atomic mass is 32.2. The molecule has 0 bridgehead atoms. The molecule has 0 saturated heterocycles. The van der Waals surface area contributed by atoms with Gasteiger partial charge in [0.2, 0.25) is 11.1 Å². The van der Waals surface area contributed by atoms with E-state index in [1.165, 1.54) is 72.0 Å². The number of hydrogen-bond donors (Lipinski definition) is 2. The number of hydrogen-bond acceptors (Lipinski definition) is 13. The van der Waals surface area contributed by atoms with E-state index in [2.05, 4.69) is 30.1 Å². The van der Waals surface area contributed by atoms with Gasteiger partial charge in [0.05, 0.1) is 13.2 Å². The first kappa shape index (κ1) is 36.3. The second-order valence-corrected chi connectivity index (χ2v) is 12.4. The van der Waals surface area contributed by atoms with E-state index in [1.54, 1.807) is 31.4 Å². The molecule has 7 rings (SSSR count). The molecule has 2 N–H and O–H groups in total. The van der Waals surface area contributed by atoms with Crippen LogP contribution in [0, 0.1) is 11.6 Å². The fourth-order valence-corrected chi connectivity index (χ4v) is 5.78. The summed E-state index contributed by atoms with van der Waals surface area (Å²) in [5.74, 6) is -0.727. The van der Waals surface area contributed by atoms with Crippen LogP contribution in [0.15, 0.2) is 87.8 Å². The van der Waals surface area contributed by atoms with Crippen molar-refractivity contribution in [2.45, 2.75) is 43.0 Å². The molecule has 0 radical (unpaired) electrons. The van der Waals surface area contributed by atoms with Gasteiger partial charge >= 0.3 is 0 Å². The largest absolute Gasteiger partial charge is 0.448 e. The third-order valence-electron chi connectivity index (χ3n) is 8.13. The van der Waals surface area contributed by atoms with E-state index in [1.807, 2.05) is 0 Å². The Bertz CT molecular complexity index is 2340. The van der Waals surface area contributed by atoms with E-state index < -0.39 is 22.8 Å². The summed E-state index contributed by atoms with van der Waals surface area (Å²) >= 11 is 0.818. The maximum absolute atomic E-state index is 13.8. The number of benzene rings is 2. The maximum atomic E-state index is 13.8. The van der Waals surface area contributed by atoms with Gasteiger partial charge in [-0.15, -0.1) is 0 Å². The van der Waals surface area contributed by atoms with Crippen molar-refractivity contribution in [2.75, 3.05) is 12.4 Å². The first-order valence-corrected chi connectivity index (χ1v) is 16.8. The van der Waals surface area contributed by atoms with Gasteiger partial charge < -0.3 is 19.9 Å². The van der Waals surface area contributed by atoms with Crippen LogP contribution < -0.4 is 25.9 Å². The van der Waals surface area contributed by atoms with Crippen LogP contribution in [0.1, 0.15) is 25.7 Å². The van der Waals surface area contributed by atoms with Gasteiger partial charge in [-0.3, -0.25) is 18.7 Å². The Labute approximate surface area is 299 Å². The molecule has 270 valence electrons. The molecule has 4 heterocycles. The number of aliphatic hydroxyl groups excluding tert-OH is 1. The second-order valence-electron chi connectivity index (χ2n) is 11.7. The molecule has 0 amide bonds. The maximum Gasteiger partial charge on any atom is 0.294 e. The molecule has 0 aliphatic heterocycles. The number of aromatic nitrogens is 6. The number of aliphatic hydroxyl groups is 1. The van der Waals surface area contributed by atoms with Crippen molar-refractivity contribution < 1.29 is 32.6 Å². The van der Waals surface area contributed by atoms with E-state index >= 15 is 0 Å². The molecule has 1 aliphatic carbocycles. The summed E-state index contributed by atoms with van der Waals surface area (Å²) in [6.45, 7) is 0. The quantitative estimate of drug-likeness (QED) is 0.0791. The molecule has 1 fully saturated rings. The van der Waals surface area contributed by atoms with E-state index in [0.29, 0.717) is 28.0 Å². The van der Waals surface area contributed by atoms with Crippen LogP contribution in [-0.2, 0) is 23.3 Å². The van der Waals surface area contributed by atoms with Gasteiger partial charge in [-0.25, -0.2) is 28.6 Å². The number of halogens is 2. The minimum atomic E-state index is -0.556. The zero-order chi connectivity index (χ0) is 36.8. The highest BCUT2D eigenvalue weighted by Gasteiger charge is 2.21. The lowest BCUT2D eigenvalue weighted by atomic mass is 9.93. The summed E-state index contributed by atoms with van der Waals surface area (Å²) in [5, 5.41) is 14.3. The van der Waals surface area contributed by atoms with Crippen molar-refractivity contribution in [3.8, 4) is 23.0 Å². The Morgan fingerprint density at radius 1 is 0.769 bits per heavy atom. The van der Waals surface area contributed by atoms with Crippen LogP contribution in [0.4, 0.5) is 14.7 Å². The van der Waals surface area contributed by atoms with E-state index in [4.69, 9.17) is 13.8 Å². The van der Waals surface area contributed by atoms with Crippen molar-refractivity contribution in [3.63, 3.8) is 0 Å². The Kier molecular flexibility index (Phi) is 11.3. The average molecular weight is 734 g/mol. The summed E-state index contributed by atoms with van der Waals surface area (Å²) in [4.78, 5) is 46.6. The van der Waals surface area contributed by atoms with E-state index in [9.17, 15) is 23.5 Å². The first-order valence-electron chi connectivity index (χ1n) is 16.0. The van der Waals surface area contributed by atoms with E-state index in [0.717, 1.165) is 37.7 Å². The van der Waals surface area contributed by atoms with Crippen molar-refractivity contribution in [1.29, 1.82) is 0 Å². The minimum absolute atomic E-state index is 0.00526. The molecule has 52 heavy (non-hydrogen) atoms. The predicted octanol–water partition coefficient (Wildman–Crippen LogP) is 5.82. The van der Waals surface area contributed by atoms with Crippen molar-refractivity contribution in [2.24, 2.45) is 14.1 Å². The first-order chi connectivity index (χ1) is 25.1. The summed E-state index contributed by atoms with van der Waals surface area (Å²) in [6, 6.07) is 15.0. The van der Waals surface area contributed by atoms with E-state index in [-0.39, 0.29) is 40.3 Å². The van der Waals surface area contributed by atoms with Crippen LogP contribution in [0.25, 0.3) is 22.1 Å². The molecular formula is C35H33F2N7O7S. The van der Waals surface area contributed by atoms with Gasteiger partial charge in [-0.2, -0.15) is 9.32 Å². The standard InChI is InChI=1S/C20H21FN4O3.C15H12FN3O4S/c1-25-18-12(10-17(19(25)27)28-16-5-3-2-4-15(16)21)11-22-20(24-18)23-13-6-8-14(26)9-7-13;1-19-13-9(8-17-15(18-13)24-23-21-2)7-12(14(19)20)22-11-6-4-3-5-10(11)16/h2-5,10-11,13-14,26H,6-9H2,1H3,(H,22,23,24);3-8H,1-2H3. The number of para-hydroxylation sites is 2. The average Bonchev–Trinajstić information content (AvgIpc) is 3.15. The number of fused-ring (bicyclic) bond motifs is 2. The highest BCUT2D eigenvalue weighted by molar-refractivity contribution is 7.94. The Balaban J connectivity index is 0.000000181. The topological polar surface area (TPSA) is 165 Å². The minimum Gasteiger partial charge on any atom is -0.448 e. The van der Waals surface area contributed by atoms with Crippen LogP contribution >= 0.6 is 12.0 Å². The van der Waals surface area contributed by atoms with Gasteiger partial charge in [0.25, 0.3) is 11.1 Å². The van der Waals surface area contributed by atoms with Gasteiger partial charge in [0.15, 0.2) is 34.6 Å². The number of aryl methyl sites for hydroxylation is 2. The number of nitrogens with one attached hydrogen (secondary N) is 1. The molecule has 1 saturated carbocycles. The molecule has 0 spiro atoms. The molecule has 14 nitrogen and oxygen atoms in total. The Morgan fingerprint density at radius 2 is 1.29 bits per heavy atom. The molecule has 0 unspecified atom stereocenters. The number of pyridine rings is 2. The molecule has 2 aromatic carbocycles. The molecule has 0 atom stereocenters. The summed E-state index contributed by atoms with van der Waals surface area (Å²) in [7, 11) is 4.49. The number of rotatable bonds is 9. The monoisotopic (exact) mass is 733 g/mol. The van der Waals surface area contributed by atoms with Crippen LogP contribution in [0.3, 0.4) is 0 Å².